The number of anilines is 1. The van der Waals surface area contributed by atoms with Gasteiger partial charge in [0.2, 0.25) is 17.6 Å². The number of likely N-dealkylation sites (tertiary alicyclic amines) is 1. The van der Waals surface area contributed by atoms with E-state index in [1.165, 1.54) is 12.1 Å². The van der Waals surface area contributed by atoms with Crippen LogP contribution >= 0.6 is 0 Å². The third kappa shape index (κ3) is 6.27. The van der Waals surface area contributed by atoms with Gasteiger partial charge < -0.3 is 15.2 Å². The molecule has 2 aromatic carbocycles. The monoisotopic (exact) mass is 514 g/mol. The summed E-state index contributed by atoms with van der Waals surface area (Å²) in [4.78, 5) is 36.5. The highest BCUT2D eigenvalue weighted by molar-refractivity contribution is 6.04. The predicted molar refractivity (Wildman–Crippen MR) is 138 cm³/mol. The van der Waals surface area contributed by atoms with Crippen molar-refractivity contribution in [2.24, 2.45) is 5.92 Å². The van der Waals surface area contributed by atoms with Crippen LogP contribution in [0, 0.1) is 11.7 Å². The summed E-state index contributed by atoms with van der Waals surface area (Å²) in [6.07, 6.45) is 4.71. The Labute approximate surface area is 219 Å². The summed E-state index contributed by atoms with van der Waals surface area (Å²) in [6, 6.07) is 16.6. The number of rotatable bonds is 8. The van der Waals surface area contributed by atoms with Crippen molar-refractivity contribution in [2.75, 3.05) is 18.4 Å². The molecular formula is C28H27FN6O3. The van der Waals surface area contributed by atoms with E-state index in [2.05, 4.69) is 30.7 Å². The molecule has 1 fully saturated rings. The van der Waals surface area contributed by atoms with Gasteiger partial charge in [-0.05, 0) is 74.0 Å². The number of piperidine rings is 1. The molecule has 194 valence electrons. The van der Waals surface area contributed by atoms with Crippen molar-refractivity contribution in [3.8, 4) is 11.4 Å². The van der Waals surface area contributed by atoms with Gasteiger partial charge in [-0.25, -0.2) is 4.39 Å². The van der Waals surface area contributed by atoms with Gasteiger partial charge in [0.25, 0.3) is 5.91 Å². The number of nitrogens with zero attached hydrogens (tertiary/aromatic N) is 4. The molecule has 2 N–H and O–H groups in total. The minimum absolute atomic E-state index is 0.103. The van der Waals surface area contributed by atoms with Crippen molar-refractivity contribution in [2.45, 2.75) is 25.9 Å². The van der Waals surface area contributed by atoms with Crippen molar-refractivity contribution in [1.29, 1.82) is 0 Å². The Balaban J connectivity index is 1.13. The maximum absolute atomic E-state index is 13.2. The maximum Gasteiger partial charge on any atom is 0.253 e. The molecule has 4 aromatic rings. The van der Waals surface area contributed by atoms with Gasteiger partial charge in [0.15, 0.2) is 0 Å². The number of hydrogen-bond acceptors (Lipinski definition) is 7. The summed E-state index contributed by atoms with van der Waals surface area (Å²) >= 11 is 0. The first-order valence-corrected chi connectivity index (χ1v) is 12.4. The standard InChI is InChI=1S/C28H27FN6O3/c29-22-9-7-20(8-10-22)26-33-25(38-34-26)18-35-14-11-21(12-15-35)27(36)32-24-6-2-1-5-23(24)28(37)31-17-19-4-3-13-30-16-19/h1-10,13,16,21H,11-12,14-15,17-18H2,(H,31,37)(H,32,36). The highest BCUT2D eigenvalue weighted by Gasteiger charge is 2.27. The molecule has 0 unspecified atom stereocenters. The smallest absolute Gasteiger partial charge is 0.253 e. The lowest BCUT2D eigenvalue weighted by Crippen LogP contribution is -2.38. The topological polar surface area (TPSA) is 113 Å². The Hall–Kier alpha value is -4.44. The highest BCUT2D eigenvalue weighted by Crippen LogP contribution is 2.23. The molecule has 2 aromatic heterocycles. The van der Waals surface area contributed by atoms with Crippen LogP contribution in [0.25, 0.3) is 11.4 Å². The maximum atomic E-state index is 13.2. The number of nitrogens with one attached hydrogen (secondary N) is 2. The molecule has 0 bridgehead atoms. The Kier molecular flexibility index (Phi) is 7.79. The van der Waals surface area contributed by atoms with Gasteiger partial charge in [0, 0.05) is 30.4 Å². The molecule has 0 saturated carbocycles. The molecule has 0 spiro atoms. The average Bonchev–Trinajstić information content (AvgIpc) is 3.42. The number of pyridine rings is 1. The fourth-order valence-electron chi connectivity index (χ4n) is 4.39. The van der Waals surface area contributed by atoms with E-state index in [1.54, 1.807) is 48.8 Å². The van der Waals surface area contributed by atoms with Crippen LogP contribution in [0.5, 0.6) is 0 Å². The van der Waals surface area contributed by atoms with Crippen LogP contribution in [0.2, 0.25) is 0 Å². The van der Waals surface area contributed by atoms with E-state index in [0.717, 1.165) is 5.56 Å². The molecule has 3 heterocycles. The summed E-state index contributed by atoms with van der Waals surface area (Å²) < 4.78 is 18.5. The third-order valence-electron chi connectivity index (χ3n) is 6.49. The molecule has 0 radical (unpaired) electrons. The van der Waals surface area contributed by atoms with Crippen molar-refractivity contribution >= 4 is 17.5 Å². The second-order valence-electron chi connectivity index (χ2n) is 9.15. The summed E-state index contributed by atoms with van der Waals surface area (Å²) in [5.74, 6) is 0.0238. The van der Waals surface area contributed by atoms with Gasteiger partial charge in [0.05, 0.1) is 17.8 Å². The largest absolute Gasteiger partial charge is 0.348 e. The molecule has 5 rings (SSSR count). The first-order valence-electron chi connectivity index (χ1n) is 12.4. The van der Waals surface area contributed by atoms with Gasteiger partial charge >= 0.3 is 0 Å². The third-order valence-corrected chi connectivity index (χ3v) is 6.49. The Bertz CT molecular complexity index is 1390. The van der Waals surface area contributed by atoms with Crippen molar-refractivity contribution < 1.29 is 18.5 Å². The van der Waals surface area contributed by atoms with Gasteiger partial charge in [-0.3, -0.25) is 19.5 Å². The van der Waals surface area contributed by atoms with E-state index < -0.39 is 0 Å². The van der Waals surface area contributed by atoms with Crippen LogP contribution in [0.1, 0.15) is 34.7 Å². The molecule has 1 aliphatic heterocycles. The Morgan fingerprint density at radius 3 is 2.58 bits per heavy atom. The van der Waals surface area contributed by atoms with Gasteiger partial charge in [-0.1, -0.05) is 23.4 Å². The molecule has 38 heavy (non-hydrogen) atoms. The number of carbonyl (C=O) groups is 2. The SMILES string of the molecule is O=C(NCc1cccnc1)c1ccccc1NC(=O)C1CCN(Cc2nc(-c3ccc(F)cc3)no2)CC1. The van der Waals surface area contributed by atoms with E-state index in [1.807, 2.05) is 12.1 Å². The van der Waals surface area contributed by atoms with E-state index in [9.17, 15) is 14.0 Å². The minimum atomic E-state index is -0.322. The quantitative estimate of drug-likeness (QED) is 0.365. The zero-order chi connectivity index (χ0) is 26.3. The molecule has 0 atom stereocenters. The first-order chi connectivity index (χ1) is 18.5. The normalized spacial score (nSPS) is 14.2. The summed E-state index contributed by atoms with van der Waals surface area (Å²) in [6.45, 7) is 2.21. The van der Waals surface area contributed by atoms with E-state index >= 15 is 0 Å². The summed E-state index contributed by atoms with van der Waals surface area (Å²) in [5, 5.41) is 9.82. The number of aromatic nitrogens is 3. The lowest BCUT2D eigenvalue weighted by molar-refractivity contribution is -0.121. The van der Waals surface area contributed by atoms with E-state index in [4.69, 9.17) is 4.52 Å². The van der Waals surface area contributed by atoms with Crippen LogP contribution in [0.3, 0.4) is 0 Å². The lowest BCUT2D eigenvalue weighted by Gasteiger charge is -2.30. The number of para-hydroxylation sites is 1. The van der Waals surface area contributed by atoms with E-state index in [0.29, 0.717) is 67.6 Å². The number of hydrogen-bond donors (Lipinski definition) is 2. The second kappa shape index (κ2) is 11.7. The predicted octanol–water partition coefficient (Wildman–Crippen LogP) is 4.05. The van der Waals surface area contributed by atoms with Crippen molar-refractivity contribution in [3.05, 3.63) is 95.9 Å². The number of halogens is 1. The zero-order valence-electron chi connectivity index (χ0n) is 20.6. The molecule has 9 nitrogen and oxygen atoms in total. The van der Waals surface area contributed by atoms with Crippen molar-refractivity contribution in [3.63, 3.8) is 0 Å². The van der Waals surface area contributed by atoms with Gasteiger partial charge in [-0.15, -0.1) is 0 Å². The van der Waals surface area contributed by atoms with Crippen LogP contribution in [-0.4, -0.2) is 44.9 Å². The summed E-state index contributed by atoms with van der Waals surface area (Å²) in [5.41, 5.74) is 2.47. The Morgan fingerprint density at radius 2 is 1.82 bits per heavy atom. The molecule has 1 aliphatic rings. The Morgan fingerprint density at radius 1 is 1.03 bits per heavy atom. The molecule has 1 saturated heterocycles. The number of amides is 2. The minimum Gasteiger partial charge on any atom is -0.348 e. The molecule has 10 heteroatoms. The highest BCUT2D eigenvalue weighted by atomic mass is 19.1. The lowest BCUT2D eigenvalue weighted by atomic mass is 9.95. The fraction of sp³-hybridized carbons (Fsp3) is 0.250. The first kappa shape index (κ1) is 25.2. The summed E-state index contributed by atoms with van der Waals surface area (Å²) in [7, 11) is 0. The molecular weight excluding hydrogens is 487 g/mol. The van der Waals surface area contributed by atoms with Crippen LogP contribution in [0.15, 0.2) is 77.6 Å². The zero-order valence-corrected chi connectivity index (χ0v) is 20.6. The molecule has 0 aliphatic carbocycles. The second-order valence-corrected chi connectivity index (χ2v) is 9.15. The molecule has 2 amide bonds. The average molecular weight is 515 g/mol. The van der Waals surface area contributed by atoms with Crippen LogP contribution in [0.4, 0.5) is 10.1 Å². The number of benzene rings is 2. The van der Waals surface area contributed by atoms with Gasteiger partial charge in [0.1, 0.15) is 5.82 Å². The van der Waals surface area contributed by atoms with Crippen molar-refractivity contribution in [1.82, 2.24) is 25.3 Å². The van der Waals surface area contributed by atoms with E-state index in [-0.39, 0.29) is 23.5 Å². The van der Waals surface area contributed by atoms with Gasteiger partial charge in [-0.2, -0.15) is 4.98 Å². The van der Waals surface area contributed by atoms with Crippen LogP contribution in [-0.2, 0) is 17.9 Å². The number of carbonyl (C=O) groups excluding carboxylic acids is 2. The fourth-order valence-corrected chi connectivity index (χ4v) is 4.39. The van der Waals surface area contributed by atoms with Crippen LogP contribution < -0.4 is 10.6 Å².